The second-order valence-electron chi connectivity index (χ2n) is 6.76. The average molecular weight is 522 g/mol. The second kappa shape index (κ2) is 10.5. The number of hydrogen-bond acceptors (Lipinski definition) is 7. The number of esters is 1. The minimum absolute atomic E-state index is 0.0582. The maximum absolute atomic E-state index is 12.4. The normalized spacial score (nSPS) is 10.7. The van der Waals surface area contributed by atoms with E-state index < -0.39 is 17.8 Å². The van der Waals surface area contributed by atoms with Gasteiger partial charge >= 0.3 is 5.97 Å². The Morgan fingerprint density at radius 3 is 2.26 bits per heavy atom. The van der Waals surface area contributed by atoms with Gasteiger partial charge in [0.2, 0.25) is 5.76 Å². The van der Waals surface area contributed by atoms with Gasteiger partial charge in [-0.1, -0.05) is 15.9 Å². The number of ether oxygens (including phenoxy) is 1. The van der Waals surface area contributed by atoms with Crippen molar-refractivity contribution in [3.63, 3.8) is 0 Å². The highest BCUT2D eigenvalue weighted by Gasteiger charge is 2.14. The van der Waals surface area contributed by atoms with Gasteiger partial charge in [-0.15, -0.1) is 0 Å². The van der Waals surface area contributed by atoms with E-state index in [-0.39, 0.29) is 17.3 Å². The van der Waals surface area contributed by atoms with Crippen LogP contribution in [-0.2, 0) is 0 Å². The Kier molecular flexibility index (Phi) is 6.99. The summed E-state index contributed by atoms with van der Waals surface area (Å²) in [6.45, 7) is 0. The number of benzene rings is 2. The van der Waals surface area contributed by atoms with Crippen LogP contribution in [0.25, 0.3) is 0 Å². The van der Waals surface area contributed by atoms with Crippen LogP contribution in [0.5, 0.6) is 5.75 Å². The molecule has 0 unspecified atom stereocenters. The molecule has 0 bridgehead atoms. The molecule has 34 heavy (non-hydrogen) atoms. The topological polar surface area (TPSA) is 123 Å². The maximum atomic E-state index is 12.4. The molecule has 4 aromatic rings. The van der Waals surface area contributed by atoms with Crippen molar-refractivity contribution in [2.24, 2.45) is 5.10 Å². The van der Waals surface area contributed by atoms with Crippen LogP contribution in [0.1, 0.15) is 37.0 Å². The van der Waals surface area contributed by atoms with Crippen LogP contribution < -0.4 is 15.5 Å². The molecule has 0 saturated heterocycles. The van der Waals surface area contributed by atoms with Gasteiger partial charge in [-0.2, -0.15) is 5.10 Å². The van der Waals surface area contributed by atoms with E-state index in [0.717, 1.165) is 4.47 Å². The van der Waals surface area contributed by atoms with Crippen molar-refractivity contribution in [1.29, 1.82) is 0 Å². The van der Waals surface area contributed by atoms with Crippen molar-refractivity contribution >= 4 is 45.6 Å². The second-order valence-corrected chi connectivity index (χ2v) is 7.67. The van der Waals surface area contributed by atoms with E-state index in [9.17, 15) is 14.4 Å². The molecule has 0 saturated carbocycles. The predicted molar refractivity (Wildman–Crippen MR) is 126 cm³/mol. The zero-order chi connectivity index (χ0) is 23.9. The summed E-state index contributed by atoms with van der Waals surface area (Å²) in [5.74, 6) is -1.06. The number of halogens is 1. The van der Waals surface area contributed by atoms with Crippen LogP contribution in [0.15, 0.2) is 97.7 Å². The Balaban J connectivity index is 1.38. The van der Waals surface area contributed by atoms with Crippen molar-refractivity contribution in [2.45, 2.75) is 0 Å². The number of carbonyl (C=O) groups excluding carboxylic acids is 3. The first kappa shape index (κ1) is 22.7. The Hall–Kier alpha value is -4.44. The molecular weight excluding hydrogens is 506 g/mol. The number of carbonyl (C=O) groups is 3. The molecule has 0 aliphatic carbocycles. The van der Waals surface area contributed by atoms with Crippen LogP contribution in [0.4, 0.5) is 5.69 Å². The molecule has 2 heterocycles. The van der Waals surface area contributed by atoms with Crippen LogP contribution in [0.2, 0.25) is 0 Å². The standard InChI is InChI=1S/C24H16BrN3O6/c25-17-7-10-19(34-24(31)21-4-2-12-33-21)16(13-17)14-26-28-22(29)15-5-8-18(9-6-15)27-23(30)20-3-1-11-32-20/h1-14H,(H,27,30)(H,28,29)/b26-14-. The molecule has 170 valence electrons. The lowest BCUT2D eigenvalue weighted by atomic mass is 10.2. The van der Waals surface area contributed by atoms with Gasteiger partial charge in [-0.25, -0.2) is 10.2 Å². The van der Waals surface area contributed by atoms with Crippen LogP contribution in [-0.4, -0.2) is 24.0 Å². The highest BCUT2D eigenvalue weighted by atomic mass is 79.9. The number of hydrogen-bond donors (Lipinski definition) is 2. The number of hydrazone groups is 1. The van der Waals surface area contributed by atoms with Gasteiger partial charge < -0.3 is 18.9 Å². The molecule has 2 aromatic heterocycles. The summed E-state index contributed by atoms with van der Waals surface area (Å²) < 4.78 is 16.2. The van der Waals surface area contributed by atoms with Gasteiger partial charge in [0.15, 0.2) is 5.76 Å². The van der Waals surface area contributed by atoms with E-state index in [0.29, 0.717) is 16.8 Å². The van der Waals surface area contributed by atoms with Crippen molar-refractivity contribution in [3.05, 3.63) is 106 Å². The summed E-state index contributed by atoms with van der Waals surface area (Å²) in [7, 11) is 0. The lowest BCUT2D eigenvalue weighted by Crippen LogP contribution is -2.18. The van der Waals surface area contributed by atoms with Gasteiger partial charge in [0.25, 0.3) is 11.8 Å². The zero-order valence-corrected chi connectivity index (χ0v) is 18.9. The van der Waals surface area contributed by atoms with E-state index in [2.05, 4.69) is 31.8 Å². The number of furan rings is 2. The highest BCUT2D eigenvalue weighted by Crippen LogP contribution is 2.23. The lowest BCUT2D eigenvalue weighted by Gasteiger charge is -2.07. The molecule has 10 heteroatoms. The predicted octanol–water partition coefficient (Wildman–Crippen LogP) is 4.87. The molecule has 2 aromatic carbocycles. The van der Waals surface area contributed by atoms with Gasteiger partial charge in [0, 0.05) is 21.3 Å². The SMILES string of the molecule is O=C(N/N=C\c1cc(Br)ccc1OC(=O)c1ccco1)c1ccc(NC(=O)c2ccco2)cc1. The van der Waals surface area contributed by atoms with Crippen LogP contribution in [0, 0.1) is 0 Å². The third-order valence-corrected chi connectivity index (χ3v) is 4.91. The van der Waals surface area contributed by atoms with Crippen molar-refractivity contribution in [1.82, 2.24) is 5.43 Å². The van der Waals surface area contributed by atoms with E-state index in [1.807, 2.05) is 0 Å². The van der Waals surface area contributed by atoms with Gasteiger partial charge in [-0.3, -0.25) is 9.59 Å². The fourth-order valence-electron chi connectivity index (χ4n) is 2.79. The molecular formula is C24H16BrN3O6. The van der Waals surface area contributed by atoms with E-state index in [1.165, 1.54) is 36.9 Å². The van der Waals surface area contributed by atoms with E-state index >= 15 is 0 Å². The van der Waals surface area contributed by atoms with Gasteiger partial charge in [0.05, 0.1) is 18.7 Å². The number of nitrogens with one attached hydrogen (secondary N) is 2. The summed E-state index contributed by atoms with van der Waals surface area (Å²) in [5, 5.41) is 6.62. The molecule has 4 rings (SSSR count). The molecule has 0 atom stereocenters. The Labute approximate surface area is 201 Å². The lowest BCUT2D eigenvalue weighted by molar-refractivity contribution is 0.0700. The number of nitrogens with zero attached hydrogens (tertiary/aromatic N) is 1. The summed E-state index contributed by atoms with van der Waals surface area (Å²) in [6, 6.07) is 17.4. The molecule has 0 spiro atoms. The fourth-order valence-corrected chi connectivity index (χ4v) is 3.17. The minimum Gasteiger partial charge on any atom is -0.459 e. The monoisotopic (exact) mass is 521 g/mol. The summed E-state index contributed by atoms with van der Waals surface area (Å²) in [4.78, 5) is 36.6. The largest absolute Gasteiger partial charge is 0.459 e. The Morgan fingerprint density at radius 1 is 0.882 bits per heavy atom. The van der Waals surface area contributed by atoms with Crippen molar-refractivity contribution in [3.8, 4) is 5.75 Å². The van der Waals surface area contributed by atoms with E-state index in [1.54, 1.807) is 48.5 Å². The van der Waals surface area contributed by atoms with Crippen LogP contribution in [0.3, 0.4) is 0 Å². The third kappa shape index (κ3) is 5.67. The average Bonchev–Trinajstić information content (AvgIpc) is 3.56. The number of anilines is 1. The molecule has 0 radical (unpaired) electrons. The third-order valence-electron chi connectivity index (χ3n) is 4.42. The van der Waals surface area contributed by atoms with Crippen molar-refractivity contribution < 1.29 is 28.0 Å². The number of amides is 2. The summed E-state index contributed by atoms with van der Waals surface area (Å²) in [6.07, 6.45) is 4.13. The molecule has 0 fully saturated rings. The Morgan fingerprint density at radius 2 is 1.59 bits per heavy atom. The molecule has 2 amide bonds. The van der Waals surface area contributed by atoms with Crippen molar-refractivity contribution in [2.75, 3.05) is 5.32 Å². The van der Waals surface area contributed by atoms with Gasteiger partial charge in [-0.05, 0) is 66.7 Å². The first-order chi connectivity index (χ1) is 16.5. The molecule has 0 aliphatic heterocycles. The van der Waals surface area contributed by atoms with E-state index in [4.69, 9.17) is 13.6 Å². The zero-order valence-electron chi connectivity index (χ0n) is 17.4. The smallest absolute Gasteiger partial charge is 0.379 e. The molecule has 0 aliphatic rings. The first-order valence-corrected chi connectivity index (χ1v) is 10.6. The quantitative estimate of drug-likeness (QED) is 0.155. The Bertz CT molecular complexity index is 1330. The first-order valence-electron chi connectivity index (χ1n) is 9.83. The molecule has 9 nitrogen and oxygen atoms in total. The fraction of sp³-hybridized carbons (Fsp3) is 0. The van der Waals surface area contributed by atoms with Crippen LogP contribution >= 0.6 is 15.9 Å². The summed E-state index contributed by atoms with van der Waals surface area (Å²) >= 11 is 3.35. The molecule has 2 N–H and O–H groups in total. The highest BCUT2D eigenvalue weighted by molar-refractivity contribution is 9.10. The minimum atomic E-state index is -0.662. The maximum Gasteiger partial charge on any atom is 0.379 e. The summed E-state index contributed by atoms with van der Waals surface area (Å²) in [5.41, 5.74) is 3.69. The van der Waals surface area contributed by atoms with Gasteiger partial charge in [0.1, 0.15) is 5.75 Å². The number of rotatable bonds is 7.